The molecule has 1 aromatic rings. The summed E-state index contributed by atoms with van der Waals surface area (Å²) in [6, 6.07) is 6.68. The van der Waals surface area contributed by atoms with E-state index in [2.05, 4.69) is 10.6 Å². The van der Waals surface area contributed by atoms with Gasteiger partial charge in [-0.25, -0.2) is 0 Å². The van der Waals surface area contributed by atoms with Crippen molar-refractivity contribution in [2.45, 2.75) is 6.42 Å². The van der Waals surface area contributed by atoms with Crippen molar-refractivity contribution in [2.24, 2.45) is 0 Å². The first-order chi connectivity index (χ1) is 9.15. The normalized spacial score (nSPS) is 10.0. The van der Waals surface area contributed by atoms with Crippen LogP contribution in [-0.2, 0) is 9.53 Å². The lowest BCUT2D eigenvalue weighted by molar-refractivity contribution is -0.120. The molecule has 0 heterocycles. The van der Waals surface area contributed by atoms with Crippen LogP contribution in [0.3, 0.4) is 0 Å². The molecule has 0 spiro atoms. The van der Waals surface area contributed by atoms with Gasteiger partial charge in [-0.1, -0.05) is 23.7 Å². The molecular weight excluding hydrogens is 268 g/mol. The Hall–Kier alpha value is -1.59. The largest absolute Gasteiger partial charge is 0.385 e. The summed E-state index contributed by atoms with van der Waals surface area (Å²) in [5, 5.41) is 5.55. The van der Waals surface area contributed by atoms with Gasteiger partial charge in [-0.05, 0) is 18.6 Å². The summed E-state index contributed by atoms with van der Waals surface area (Å²) in [5.74, 6) is -0.603. The van der Waals surface area contributed by atoms with Crippen molar-refractivity contribution in [3.63, 3.8) is 0 Å². The number of hydrogen-bond donors (Lipinski definition) is 2. The molecule has 1 rings (SSSR count). The maximum absolute atomic E-state index is 11.8. The highest BCUT2D eigenvalue weighted by atomic mass is 35.5. The van der Waals surface area contributed by atoms with Gasteiger partial charge in [0.25, 0.3) is 5.91 Å². The van der Waals surface area contributed by atoms with Gasteiger partial charge in [-0.3, -0.25) is 9.59 Å². The Morgan fingerprint density at radius 1 is 1.26 bits per heavy atom. The third kappa shape index (κ3) is 5.72. The van der Waals surface area contributed by atoms with Gasteiger partial charge in [0, 0.05) is 20.3 Å². The molecule has 0 aliphatic rings. The number of nitrogens with one attached hydrogen (secondary N) is 2. The lowest BCUT2D eigenvalue weighted by Gasteiger charge is -2.07. The van der Waals surface area contributed by atoms with E-state index in [1.807, 2.05) is 0 Å². The fraction of sp³-hybridized carbons (Fsp3) is 0.385. The van der Waals surface area contributed by atoms with E-state index in [4.69, 9.17) is 16.3 Å². The van der Waals surface area contributed by atoms with Gasteiger partial charge < -0.3 is 15.4 Å². The van der Waals surface area contributed by atoms with Crippen LogP contribution in [0.25, 0.3) is 0 Å². The Morgan fingerprint density at radius 3 is 2.68 bits per heavy atom. The third-order valence-electron chi connectivity index (χ3n) is 2.38. The molecule has 0 aliphatic heterocycles. The highest BCUT2D eigenvalue weighted by Gasteiger charge is 2.10. The fourth-order valence-corrected chi connectivity index (χ4v) is 1.63. The van der Waals surface area contributed by atoms with Crippen molar-refractivity contribution < 1.29 is 14.3 Å². The fourth-order valence-electron chi connectivity index (χ4n) is 1.41. The number of halogens is 1. The second-order valence-electron chi connectivity index (χ2n) is 3.86. The lowest BCUT2D eigenvalue weighted by Crippen LogP contribution is -2.37. The molecule has 0 saturated carbocycles. The Labute approximate surface area is 117 Å². The van der Waals surface area contributed by atoms with Gasteiger partial charge in [-0.2, -0.15) is 0 Å². The minimum Gasteiger partial charge on any atom is -0.385 e. The lowest BCUT2D eigenvalue weighted by atomic mass is 10.2. The summed E-state index contributed by atoms with van der Waals surface area (Å²) in [6.45, 7) is 1.04. The van der Waals surface area contributed by atoms with E-state index in [1.54, 1.807) is 31.4 Å². The molecular formula is C13H17ClN2O3. The average molecular weight is 285 g/mol. The van der Waals surface area contributed by atoms with E-state index in [1.165, 1.54) is 0 Å². The Bertz CT molecular complexity index is 438. The van der Waals surface area contributed by atoms with Crippen molar-refractivity contribution >= 4 is 23.4 Å². The summed E-state index contributed by atoms with van der Waals surface area (Å²) >= 11 is 5.88. The molecule has 0 fully saturated rings. The second-order valence-corrected chi connectivity index (χ2v) is 4.27. The maximum atomic E-state index is 11.8. The van der Waals surface area contributed by atoms with Crippen LogP contribution in [0.1, 0.15) is 16.8 Å². The minimum atomic E-state index is -0.363. The molecule has 1 aromatic carbocycles. The van der Waals surface area contributed by atoms with Crippen LogP contribution in [-0.4, -0.2) is 38.6 Å². The monoisotopic (exact) mass is 284 g/mol. The molecule has 0 unspecified atom stereocenters. The molecule has 2 N–H and O–H groups in total. The summed E-state index contributed by atoms with van der Waals surface area (Å²) < 4.78 is 4.86. The van der Waals surface area contributed by atoms with Crippen molar-refractivity contribution in [3.05, 3.63) is 34.9 Å². The topological polar surface area (TPSA) is 67.4 Å². The van der Waals surface area contributed by atoms with Crippen molar-refractivity contribution in [2.75, 3.05) is 26.8 Å². The zero-order chi connectivity index (χ0) is 14.1. The molecule has 5 nitrogen and oxygen atoms in total. The van der Waals surface area contributed by atoms with Crippen LogP contribution in [0.5, 0.6) is 0 Å². The summed E-state index contributed by atoms with van der Waals surface area (Å²) in [6.07, 6.45) is 0.737. The zero-order valence-corrected chi connectivity index (χ0v) is 11.5. The van der Waals surface area contributed by atoms with Crippen LogP contribution in [0.4, 0.5) is 0 Å². The first-order valence-corrected chi connectivity index (χ1v) is 6.31. The zero-order valence-electron chi connectivity index (χ0n) is 10.7. The number of amides is 2. The number of carbonyl (C=O) groups is 2. The summed E-state index contributed by atoms with van der Waals surface area (Å²) in [5.41, 5.74) is 0.358. The molecule has 2 amide bonds. The van der Waals surface area contributed by atoms with E-state index in [0.29, 0.717) is 23.7 Å². The predicted molar refractivity (Wildman–Crippen MR) is 73.3 cm³/mol. The predicted octanol–water partition coefficient (Wildman–Crippen LogP) is 1.22. The summed E-state index contributed by atoms with van der Waals surface area (Å²) in [4.78, 5) is 23.2. The number of hydrogen-bond acceptors (Lipinski definition) is 3. The number of carbonyl (C=O) groups excluding carboxylic acids is 2. The van der Waals surface area contributed by atoms with Gasteiger partial charge in [0.2, 0.25) is 5.91 Å². The van der Waals surface area contributed by atoms with Crippen LogP contribution >= 0.6 is 11.6 Å². The van der Waals surface area contributed by atoms with E-state index in [-0.39, 0.29) is 18.4 Å². The van der Waals surface area contributed by atoms with Crippen molar-refractivity contribution in [1.29, 1.82) is 0 Å². The highest BCUT2D eigenvalue weighted by Crippen LogP contribution is 2.14. The van der Waals surface area contributed by atoms with Gasteiger partial charge in [0.1, 0.15) is 0 Å². The minimum absolute atomic E-state index is 0.0724. The standard InChI is InChI=1S/C13H17ClN2O3/c1-19-8-4-7-15-12(17)9-16-13(18)10-5-2-3-6-11(10)14/h2-3,5-6H,4,7-9H2,1H3,(H,15,17)(H,16,18). The third-order valence-corrected chi connectivity index (χ3v) is 2.70. The second kappa shape index (κ2) is 8.50. The maximum Gasteiger partial charge on any atom is 0.253 e. The Morgan fingerprint density at radius 2 is 2.00 bits per heavy atom. The first kappa shape index (κ1) is 15.5. The van der Waals surface area contributed by atoms with Crippen LogP contribution in [0.2, 0.25) is 5.02 Å². The van der Waals surface area contributed by atoms with Gasteiger partial charge in [0.05, 0.1) is 17.1 Å². The van der Waals surface area contributed by atoms with E-state index in [0.717, 1.165) is 6.42 Å². The highest BCUT2D eigenvalue weighted by molar-refractivity contribution is 6.33. The molecule has 104 valence electrons. The molecule has 0 saturated heterocycles. The number of methoxy groups -OCH3 is 1. The Balaban J connectivity index is 2.30. The molecule has 0 atom stereocenters. The van der Waals surface area contributed by atoms with Crippen molar-refractivity contribution in [1.82, 2.24) is 10.6 Å². The molecule has 0 aliphatic carbocycles. The van der Waals surface area contributed by atoms with Gasteiger partial charge in [0.15, 0.2) is 0 Å². The van der Waals surface area contributed by atoms with E-state index < -0.39 is 0 Å². The molecule has 6 heteroatoms. The van der Waals surface area contributed by atoms with Gasteiger partial charge >= 0.3 is 0 Å². The molecule has 19 heavy (non-hydrogen) atoms. The molecule has 0 radical (unpaired) electrons. The number of rotatable bonds is 7. The van der Waals surface area contributed by atoms with Crippen LogP contribution in [0, 0.1) is 0 Å². The number of benzene rings is 1. The van der Waals surface area contributed by atoms with E-state index in [9.17, 15) is 9.59 Å². The van der Waals surface area contributed by atoms with Crippen molar-refractivity contribution in [3.8, 4) is 0 Å². The summed E-state index contributed by atoms with van der Waals surface area (Å²) in [7, 11) is 1.60. The van der Waals surface area contributed by atoms with Gasteiger partial charge in [-0.15, -0.1) is 0 Å². The Kier molecular flexibility index (Phi) is 6.92. The average Bonchev–Trinajstić information content (AvgIpc) is 2.41. The SMILES string of the molecule is COCCCNC(=O)CNC(=O)c1ccccc1Cl. The molecule has 0 aromatic heterocycles. The molecule has 0 bridgehead atoms. The quantitative estimate of drug-likeness (QED) is 0.740. The smallest absolute Gasteiger partial charge is 0.253 e. The first-order valence-electron chi connectivity index (χ1n) is 5.93. The van der Waals surface area contributed by atoms with Crippen LogP contribution in [0.15, 0.2) is 24.3 Å². The number of ether oxygens (including phenoxy) is 1. The van der Waals surface area contributed by atoms with Crippen LogP contribution < -0.4 is 10.6 Å². The van der Waals surface area contributed by atoms with E-state index >= 15 is 0 Å².